The van der Waals surface area contributed by atoms with Gasteiger partial charge in [-0.2, -0.15) is 0 Å². The molecule has 20 heavy (non-hydrogen) atoms. The molecule has 0 spiro atoms. The fourth-order valence-corrected chi connectivity index (χ4v) is 2.48. The van der Waals surface area contributed by atoms with Crippen LogP contribution in [0, 0.1) is 0 Å². The van der Waals surface area contributed by atoms with E-state index in [0.29, 0.717) is 6.54 Å². The van der Waals surface area contributed by atoms with Gasteiger partial charge in [-0.1, -0.05) is 18.5 Å². The van der Waals surface area contributed by atoms with Gasteiger partial charge in [0.15, 0.2) is 0 Å². The molecule has 0 radical (unpaired) electrons. The number of anilines is 1. The number of halogens is 1. The monoisotopic (exact) mass is 295 g/mol. The van der Waals surface area contributed by atoms with Crippen molar-refractivity contribution in [2.75, 3.05) is 44.2 Å². The summed E-state index contributed by atoms with van der Waals surface area (Å²) in [5.74, 6) is 0.203. The average molecular weight is 296 g/mol. The number of nitrogens with one attached hydrogen (secondary N) is 1. The van der Waals surface area contributed by atoms with Crippen LogP contribution in [-0.4, -0.2) is 50.1 Å². The number of amides is 1. The smallest absolute Gasteiger partial charge is 0.236 e. The van der Waals surface area contributed by atoms with Crippen LogP contribution < -0.4 is 10.2 Å². The predicted octanol–water partition coefficient (Wildman–Crippen LogP) is 1.99. The van der Waals surface area contributed by atoms with Crippen LogP contribution >= 0.6 is 11.6 Å². The summed E-state index contributed by atoms with van der Waals surface area (Å²) in [5.41, 5.74) is 1.17. The Labute approximate surface area is 125 Å². The van der Waals surface area contributed by atoms with Crippen molar-refractivity contribution < 1.29 is 4.79 Å². The van der Waals surface area contributed by atoms with Crippen molar-refractivity contribution in [2.24, 2.45) is 0 Å². The van der Waals surface area contributed by atoms with Gasteiger partial charge in [0.2, 0.25) is 5.91 Å². The minimum Gasteiger partial charge on any atom is -0.368 e. The summed E-state index contributed by atoms with van der Waals surface area (Å²) in [4.78, 5) is 16.2. The Bertz CT molecular complexity index is 427. The summed E-state index contributed by atoms with van der Waals surface area (Å²) in [6.45, 7) is 6.78. The molecule has 0 unspecified atom stereocenters. The van der Waals surface area contributed by atoms with Crippen LogP contribution in [0.4, 0.5) is 5.69 Å². The maximum absolute atomic E-state index is 12.0. The summed E-state index contributed by atoms with van der Waals surface area (Å²) in [6, 6.07) is 7.87. The largest absolute Gasteiger partial charge is 0.368 e. The van der Waals surface area contributed by atoms with E-state index in [-0.39, 0.29) is 5.91 Å². The maximum Gasteiger partial charge on any atom is 0.236 e. The van der Waals surface area contributed by atoms with E-state index in [1.807, 2.05) is 29.2 Å². The second kappa shape index (κ2) is 7.50. The molecule has 1 aromatic carbocycles. The van der Waals surface area contributed by atoms with Crippen molar-refractivity contribution >= 4 is 23.2 Å². The van der Waals surface area contributed by atoms with Gasteiger partial charge in [0.05, 0.1) is 6.54 Å². The zero-order valence-electron chi connectivity index (χ0n) is 11.9. The molecule has 1 fully saturated rings. The standard InChI is InChI=1S/C15H22ClN3O/c1-2-7-17-12-15(20)19-10-8-18(9-11-19)14-5-3-13(16)4-6-14/h3-6,17H,2,7-12H2,1H3. The first-order chi connectivity index (χ1) is 9.70. The van der Waals surface area contributed by atoms with Gasteiger partial charge < -0.3 is 15.1 Å². The van der Waals surface area contributed by atoms with E-state index in [2.05, 4.69) is 17.1 Å². The summed E-state index contributed by atoms with van der Waals surface area (Å²) in [7, 11) is 0. The number of hydrogen-bond acceptors (Lipinski definition) is 3. The third-order valence-electron chi connectivity index (χ3n) is 3.53. The van der Waals surface area contributed by atoms with Gasteiger partial charge in [0, 0.05) is 36.9 Å². The van der Waals surface area contributed by atoms with E-state index < -0.39 is 0 Å². The Morgan fingerprint density at radius 3 is 2.45 bits per heavy atom. The molecule has 1 aromatic rings. The lowest BCUT2D eigenvalue weighted by Gasteiger charge is -2.36. The number of piperazine rings is 1. The van der Waals surface area contributed by atoms with Gasteiger partial charge in [-0.3, -0.25) is 4.79 Å². The molecule has 0 saturated carbocycles. The third-order valence-corrected chi connectivity index (χ3v) is 3.78. The SMILES string of the molecule is CCCNCC(=O)N1CCN(c2ccc(Cl)cc2)CC1. The van der Waals surface area contributed by atoms with Crippen molar-refractivity contribution in [1.82, 2.24) is 10.2 Å². The van der Waals surface area contributed by atoms with E-state index in [9.17, 15) is 4.79 Å². The van der Waals surface area contributed by atoms with Crippen LogP contribution in [0.2, 0.25) is 5.02 Å². The van der Waals surface area contributed by atoms with Crippen LogP contribution in [-0.2, 0) is 4.79 Å². The first-order valence-corrected chi connectivity index (χ1v) is 7.57. The normalized spacial score (nSPS) is 15.5. The molecular formula is C15H22ClN3O. The first kappa shape index (κ1) is 15.1. The third kappa shape index (κ3) is 4.12. The van der Waals surface area contributed by atoms with Crippen LogP contribution in [0.5, 0.6) is 0 Å². The van der Waals surface area contributed by atoms with Crippen molar-refractivity contribution in [3.8, 4) is 0 Å². The van der Waals surface area contributed by atoms with E-state index in [4.69, 9.17) is 11.6 Å². The van der Waals surface area contributed by atoms with Gasteiger partial charge in [-0.05, 0) is 37.2 Å². The quantitative estimate of drug-likeness (QED) is 0.844. The Hall–Kier alpha value is -1.26. The van der Waals surface area contributed by atoms with Gasteiger partial charge >= 0.3 is 0 Å². The Balaban J connectivity index is 1.80. The summed E-state index contributed by atoms with van der Waals surface area (Å²) in [5, 5.41) is 3.92. The highest BCUT2D eigenvalue weighted by molar-refractivity contribution is 6.30. The van der Waals surface area contributed by atoms with Crippen molar-refractivity contribution in [2.45, 2.75) is 13.3 Å². The number of carbonyl (C=O) groups is 1. The Kier molecular flexibility index (Phi) is 5.68. The van der Waals surface area contributed by atoms with Crippen LogP contribution in [0.1, 0.15) is 13.3 Å². The van der Waals surface area contributed by atoms with Crippen LogP contribution in [0.3, 0.4) is 0 Å². The first-order valence-electron chi connectivity index (χ1n) is 7.19. The average Bonchev–Trinajstić information content (AvgIpc) is 2.48. The lowest BCUT2D eigenvalue weighted by Crippen LogP contribution is -2.50. The highest BCUT2D eigenvalue weighted by atomic mass is 35.5. The number of carbonyl (C=O) groups excluding carboxylic acids is 1. The Morgan fingerprint density at radius 1 is 1.20 bits per heavy atom. The fourth-order valence-electron chi connectivity index (χ4n) is 2.35. The van der Waals surface area contributed by atoms with Crippen LogP contribution in [0.25, 0.3) is 0 Å². The topological polar surface area (TPSA) is 35.6 Å². The number of rotatable bonds is 5. The minimum absolute atomic E-state index is 0.203. The minimum atomic E-state index is 0.203. The van der Waals surface area contributed by atoms with Crippen molar-refractivity contribution in [1.29, 1.82) is 0 Å². The summed E-state index contributed by atoms with van der Waals surface area (Å²) < 4.78 is 0. The molecule has 0 aliphatic carbocycles. The fraction of sp³-hybridized carbons (Fsp3) is 0.533. The van der Waals surface area contributed by atoms with E-state index in [1.165, 1.54) is 5.69 Å². The second-order valence-corrected chi connectivity index (χ2v) is 5.46. The van der Waals surface area contributed by atoms with E-state index in [1.54, 1.807) is 0 Å². The number of benzene rings is 1. The lowest BCUT2D eigenvalue weighted by molar-refractivity contribution is -0.130. The molecule has 4 nitrogen and oxygen atoms in total. The molecule has 5 heteroatoms. The van der Waals surface area contributed by atoms with E-state index >= 15 is 0 Å². The molecule has 1 N–H and O–H groups in total. The highest BCUT2D eigenvalue weighted by Gasteiger charge is 2.20. The lowest BCUT2D eigenvalue weighted by atomic mass is 10.2. The molecule has 1 saturated heterocycles. The molecule has 2 rings (SSSR count). The molecule has 0 atom stereocenters. The molecule has 0 aromatic heterocycles. The second-order valence-electron chi connectivity index (χ2n) is 5.02. The molecule has 0 bridgehead atoms. The predicted molar refractivity (Wildman–Crippen MR) is 83.4 cm³/mol. The van der Waals surface area contributed by atoms with Crippen molar-refractivity contribution in [3.63, 3.8) is 0 Å². The highest BCUT2D eigenvalue weighted by Crippen LogP contribution is 2.19. The number of hydrogen-bond donors (Lipinski definition) is 1. The van der Waals surface area contributed by atoms with E-state index in [0.717, 1.165) is 44.2 Å². The molecule has 1 aliphatic heterocycles. The zero-order valence-corrected chi connectivity index (χ0v) is 12.7. The molecule has 110 valence electrons. The van der Waals surface area contributed by atoms with Gasteiger partial charge in [-0.25, -0.2) is 0 Å². The summed E-state index contributed by atoms with van der Waals surface area (Å²) >= 11 is 5.90. The molecule has 1 aliphatic rings. The Morgan fingerprint density at radius 2 is 1.85 bits per heavy atom. The maximum atomic E-state index is 12.0. The van der Waals surface area contributed by atoms with Gasteiger partial charge in [0.25, 0.3) is 0 Å². The van der Waals surface area contributed by atoms with Gasteiger partial charge in [0.1, 0.15) is 0 Å². The van der Waals surface area contributed by atoms with Gasteiger partial charge in [-0.15, -0.1) is 0 Å². The summed E-state index contributed by atoms with van der Waals surface area (Å²) in [6.07, 6.45) is 1.05. The number of nitrogens with zero attached hydrogens (tertiary/aromatic N) is 2. The molecule has 1 amide bonds. The molecular weight excluding hydrogens is 274 g/mol. The van der Waals surface area contributed by atoms with Crippen molar-refractivity contribution in [3.05, 3.63) is 29.3 Å². The zero-order chi connectivity index (χ0) is 14.4. The molecule has 1 heterocycles. The van der Waals surface area contributed by atoms with Crippen LogP contribution in [0.15, 0.2) is 24.3 Å².